The lowest BCUT2D eigenvalue weighted by molar-refractivity contribution is -0.132. The molecule has 0 radical (unpaired) electrons. The van der Waals surface area contributed by atoms with Crippen molar-refractivity contribution >= 4 is 5.91 Å². The zero-order chi connectivity index (χ0) is 38.9. The van der Waals surface area contributed by atoms with Gasteiger partial charge in [0.1, 0.15) is 12.2 Å². The Hall–Kier alpha value is -1.47. The summed E-state index contributed by atoms with van der Waals surface area (Å²) in [6.07, 6.45) is 48.9. The van der Waals surface area contributed by atoms with Crippen LogP contribution in [0.1, 0.15) is 226 Å². The summed E-state index contributed by atoms with van der Waals surface area (Å²) in [7, 11) is 0. The molecule has 0 aliphatic heterocycles. The van der Waals surface area contributed by atoms with Crippen molar-refractivity contribution in [2.75, 3.05) is 6.61 Å². The minimum atomic E-state index is -1.29. The molecule has 4 unspecified atom stereocenters. The smallest absolute Gasteiger partial charge is 0.249 e. The molecule has 0 fully saturated rings. The van der Waals surface area contributed by atoms with Crippen LogP contribution >= 0.6 is 0 Å². The number of hydrogen-bond donors (Lipinski definition) is 5. The van der Waals surface area contributed by atoms with Crippen molar-refractivity contribution in [2.45, 2.75) is 250 Å². The van der Waals surface area contributed by atoms with E-state index in [4.69, 9.17) is 0 Å². The van der Waals surface area contributed by atoms with Gasteiger partial charge in [0.05, 0.1) is 18.8 Å². The molecule has 0 aromatic carbocycles. The molecule has 0 saturated carbocycles. The van der Waals surface area contributed by atoms with E-state index in [-0.39, 0.29) is 0 Å². The zero-order valence-corrected chi connectivity index (χ0v) is 35.0. The van der Waals surface area contributed by atoms with Crippen LogP contribution in [0.4, 0.5) is 0 Å². The van der Waals surface area contributed by atoms with E-state index in [1.165, 1.54) is 141 Å². The van der Waals surface area contributed by atoms with Crippen LogP contribution in [-0.2, 0) is 4.79 Å². The maximum Gasteiger partial charge on any atom is 0.249 e. The van der Waals surface area contributed by atoms with Gasteiger partial charge in [-0.15, -0.1) is 0 Å². The second-order valence-electron chi connectivity index (χ2n) is 15.7. The minimum absolute atomic E-state index is 0.361. The van der Waals surface area contributed by atoms with Crippen LogP contribution in [0, 0.1) is 0 Å². The zero-order valence-electron chi connectivity index (χ0n) is 35.0. The molecule has 4 atom stereocenters. The fraction of sp³-hybridized carbons (Fsp3) is 0.851. The first-order valence-corrected chi connectivity index (χ1v) is 22.9. The quantitative estimate of drug-likeness (QED) is 0.0316. The number of amides is 1. The lowest BCUT2D eigenvalue weighted by Crippen LogP contribution is -2.53. The van der Waals surface area contributed by atoms with E-state index in [0.29, 0.717) is 19.3 Å². The number of aliphatic hydroxyl groups is 4. The third-order valence-corrected chi connectivity index (χ3v) is 10.6. The largest absolute Gasteiger partial charge is 0.394 e. The highest BCUT2D eigenvalue weighted by molar-refractivity contribution is 5.80. The maximum atomic E-state index is 12.5. The van der Waals surface area contributed by atoms with Gasteiger partial charge in [0.15, 0.2) is 0 Å². The number of aliphatic hydroxyl groups excluding tert-OH is 4. The van der Waals surface area contributed by atoms with Gasteiger partial charge in [0, 0.05) is 0 Å². The summed E-state index contributed by atoms with van der Waals surface area (Å²) in [5, 5.41) is 43.6. The Morgan fingerprint density at radius 2 is 0.792 bits per heavy atom. The lowest BCUT2D eigenvalue weighted by Gasteiger charge is -2.27. The Morgan fingerprint density at radius 1 is 0.453 bits per heavy atom. The Morgan fingerprint density at radius 3 is 1.17 bits per heavy atom. The van der Waals surface area contributed by atoms with E-state index in [0.717, 1.165) is 51.4 Å². The second kappa shape index (κ2) is 41.7. The molecule has 6 nitrogen and oxygen atoms in total. The number of hydrogen-bond acceptors (Lipinski definition) is 5. The van der Waals surface area contributed by atoms with E-state index >= 15 is 0 Å². The average molecular weight is 748 g/mol. The van der Waals surface area contributed by atoms with Crippen LogP contribution < -0.4 is 5.32 Å². The average Bonchev–Trinajstić information content (AvgIpc) is 3.16. The van der Waals surface area contributed by atoms with E-state index < -0.39 is 36.9 Å². The Bertz CT molecular complexity index is 843. The molecule has 0 heterocycles. The number of allylic oxidation sites excluding steroid dienone is 6. The lowest BCUT2D eigenvalue weighted by atomic mass is 10.00. The second-order valence-corrected chi connectivity index (χ2v) is 15.7. The molecule has 0 aromatic rings. The topological polar surface area (TPSA) is 110 Å². The maximum absolute atomic E-state index is 12.5. The summed E-state index contributed by atoms with van der Waals surface area (Å²) < 4.78 is 0. The minimum Gasteiger partial charge on any atom is -0.394 e. The van der Waals surface area contributed by atoms with Crippen molar-refractivity contribution in [1.29, 1.82) is 0 Å². The summed E-state index contributed by atoms with van der Waals surface area (Å²) in [6.45, 7) is 4.00. The molecule has 0 aliphatic rings. The van der Waals surface area contributed by atoms with Crippen molar-refractivity contribution in [3.8, 4) is 0 Å². The van der Waals surface area contributed by atoms with Crippen LogP contribution in [0.2, 0.25) is 0 Å². The first-order valence-electron chi connectivity index (χ1n) is 22.9. The fourth-order valence-electron chi connectivity index (χ4n) is 6.89. The molecule has 1 amide bonds. The van der Waals surface area contributed by atoms with Crippen LogP contribution in [0.25, 0.3) is 0 Å². The van der Waals surface area contributed by atoms with Crippen LogP contribution in [0.3, 0.4) is 0 Å². The first kappa shape index (κ1) is 51.5. The monoisotopic (exact) mass is 748 g/mol. The standard InChI is InChI=1S/C47H89NO5/c1-3-5-7-9-11-13-15-17-19-20-21-22-23-24-25-27-29-31-33-35-37-39-41-45(51)47(53)48-43(42-49)46(52)44(50)40-38-36-34-32-30-28-26-18-16-14-12-10-8-6-4-2/h10,12,18,26,32,34,43-46,49-52H,3-9,11,13-17,19-25,27-31,33,35-42H2,1-2H3,(H,48,53)/b12-10+,26-18+,34-32+. The van der Waals surface area contributed by atoms with E-state index in [1.54, 1.807) is 0 Å². The van der Waals surface area contributed by atoms with Gasteiger partial charge in [-0.3, -0.25) is 4.79 Å². The molecule has 0 aromatic heterocycles. The molecule has 6 heteroatoms. The molecule has 0 rings (SSSR count). The van der Waals surface area contributed by atoms with Crippen molar-refractivity contribution in [1.82, 2.24) is 5.32 Å². The summed E-state index contributed by atoms with van der Waals surface area (Å²) in [4.78, 5) is 12.5. The van der Waals surface area contributed by atoms with Gasteiger partial charge in [-0.2, -0.15) is 0 Å². The van der Waals surface area contributed by atoms with Crippen molar-refractivity contribution in [3.63, 3.8) is 0 Å². The highest BCUT2D eigenvalue weighted by Crippen LogP contribution is 2.16. The summed E-state index contributed by atoms with van der Waals surface area (Å²) in [6, 6.07) is -1.01. The van der Waals surface area contributed by atoms with Gasteiger partial charge in [0.2, 0.25) is 5.91 Å². The number of carbonyl (C=O) groups is 1. The number of unbranched alkanes of at least 4 members (excludes halogenated alkanes) is 26. The normalized spacial score (nSPS) is 14.5. The summed E-state index contributed by atoms with van der Waals surface area (Å²) in [5.41, 5.74) is 0. The predicted octanol–water partition coefficient (Wildman–Crippen LogP) is 12.1. The summed E-state index contributed by atoms with van der Waals surface area (Å²) in [5.74, 6) is -0.598. The van der Waals surface area contributed by atoms with Gasteiger partial charge >= 0.3 is 0 Å². The molecule has 53 heavy (non-hydrogen) atoms. The van der Waals surface area contributed by atoms with Gasteiger partial charge in [-0.25, -0.2) is 0 Å². The highest BCUT2D eigenvalue weighted by atomic mass is 16.3. The Labute approximate surface area is 328 Å². The third kappa shape index (κ3) is 36.0. The van der Waals surface area contributed by atoms with Crippen molar-refractivity contribution in [2.24, 2.45) is 0 Å². The molecule has 0 aliphatic carbocycles. The van der Waals surface area contributed by atoms with E-state index in [2.05, 4.69) is 55.6 Å². The molecule has 5 N–H and O–H groups in total. The van der Waals surface area contributed by atoms with Crippen LogP contribution in [-0.4, -0.2) is 57.3 Å². The van der Waals surface area contributed by atoms with Crippen molar-refractivity contribution < 1.29 is 25.2 Å². The molecule has 0 saturated heterocycles. The van der Waals surface area contributed by atoms with Gasteiger partial charge < -0.3 is 25.7 Å². The molecular formula is C47H89NO5. The number of carbonyl (C=O) groups excluding carboxylic acids is 1. The molecule has 0 spiro atoms. The Kier molecular flexibility index (Phi) is 40.5. The van der Waals surface area contributed by atoms with Gasteiger partial charge in [-0.05, 0) is 57.8 Å². The molecule has 0 bridgehead atoms. The molecule has 312 valence electrons. The van der Waals surface area contributed by atoms with Gasteiger partial charge in [0.25, 0.3) is 0 Å². The summed E-state index contributed by atoms with van der Waals surface area (Å²) >= 11 is 0. The van der Waals surface area contributed by atoms with Crippen LogP contribution in [0.5, 0.6) is 0 Å². The van der Waals surface area contributed by atoms with E-state index in [1.807, 2.05) is 0 Å². The molecular weight excluding hydrogens is 659 g/mol. The predicted molar refractivity (Wildman–Crippen MR) is 228 cm³/mol. The number of rotatable bonds is 41. The highest BCUT2D eigenvalue weighted by Gasteiger charge is 2.28. The Balaban J connectivity index is 3.74. The fourth-order valence-corrected chi connectivity index (χ4v) is 6.89. The van der Waals surface area contributed by atoms with E-state index in [9.17, 15) is 25.2 Å². The SMILES string of the molecule is CCCC/C=C/CC/C=C/CC/C=C/CCCC(O)C(O)C(CO)NC(=O)C(O)CCCCCCCCCCCCCCCCCCCCCCCC. The van der Waals surface area contributed by atoms with Crippen LogP contribution in [0.15, 0.2) is 36.5 Å². The number of nitrogens with one attached hydrogen (secondary N) is 1. The first-order chi connectivity index (χ1) is 26.0. The van der Waals surface area contributed by atoms with Gasteiger partial charge in [-0.1, -0.05) is 204 Å². The van der Waals surface area contributed by atoms with Crippen molar-refractivity contribution in [3.05, 3.63) is 36.5 Å². The third-order valence-electron chi connectivity index (χ3n) is 10.6.